The monoisotopic (exact) mass is 258 g/mol. The zero-order valence-electron chi connectivity index (χ0n) is 9.71. The minimum Gasteiger partial charge on any atom is -0.314 e. The summed E-state index contributed by atoms with van der Waals surface area (Å²) in [4.78, 5) is 3.91. The van der Waals surface area contributed by atoms with E-state index in [4.69, 9.17) is 11.6 Å². The number of halogens is 1. The topological polar surface area (TPSA) is 15.3 Å². The first-order valence-electron chi connectivity index (χ1n) is 5.98. The molecular weight excluding hydrogens is 240 g/mol. The van der Waals surface area contributed by atoms with Crippen molar-refractivity contribution in [2.24, 2.45) is 0 Å². The molecule has 0 bridgehead atoms. The Labute approximate surface area is 107 Å². The van der Waals surface area contributed by atoms with Gasteiger partial charge in [0.25, 0.3) is 0 Å². The third kappa shape index (κ3) is 3.45. The van der Waals surface area contributed by atoms with Crippen molar-refractivity contribution in [1.82, 2.24) is 10.2 Å². The summed E-state index contributed by atoms with van der Waals surface area (Å²) in [5.41, 5.74) is 0. The Balaban J connectivity index is 1.77. The molecule has 0 aromatic carbocycles. The summed E-state index contributed by atoms with van der Waals surface area (Å²) in [7, 11) is 0. The fourth-order valence-corrected chi connectivity index (χ4v) is 3.37. The number of piperidine rings is 1. The second-order valence-electron chi connectivity index (χ2n) is 4.31. The van der Waals surface area contributed by atoms with E-state index in [-0.39, 0.29) is 0 Å². The van der Waals surface area contributed by atoms with Crippen molar-refractivity contribution in [2.45, 2.75) is 32.4 Å². The third-order valence-electron chi connectivity index (χ3n) is 3.09. The predicted molar refractivity (Wildman–Crippen MR) is 71.3 cm³/mol. The van der Waals surface area contributed by atoms with E-state index in [1.807, 2.05) is 6.07 Å². The molecule has 0 aliphatic carbocycles. The summed E-state index contributed by atoms with van der Waals surface area (Å²) < 4.78 is 0.900. The van der Waals surface area contributed by atoms with E-state index in [0.29, 0.717) is 0 Å². The first-order chi connectivity index (χ1) is 7.78. The predicted octanol–water partition coefficient (Wildman–Crippen LogP) is 2.98. The van der Waals surface area contributed by atoms with Gasteiger partial charge < -0.3 is 5.32 Å². The number of hydrogen-bond acceptors (Lipinski definition) is 3. The van der Waals surface area contributed by atoms with Gasteiger partial charge in [-0.3, -0.25) is 4.90 Å². The zero-order valence-corrected chi connectivity index (χ0v) is 11.3. The van der Waals surface area contributed by atoms with Crippen LogP contribution in [0.25, 0.3) is 0 Å². The van der Waals surface area contributed by atoms with Gasteiger partial charge >= 0.3 is 0 Å². The maximum absolute atomic E-state index is 5.93. The van der Waals surface area contributed by atoms with Gasteiger partial charge in [0.15, 0.2) is 0 Å². The molecule has 0 atom stereocenters. The Morgan fingerprint density at radius 2 is 2.19 bits per heavy atom. The quantitative estimate of drug-likeness (QED) is 0.893. The first kappa shape index (κ1) is 12.4. The van der Waals surface area contributed by atoms with E-state index in [1.165, 1.54) is 30.8 Å². The molecule has 0 spiro atoms. The van der Waals surface area contributed by atoms with E-state index in [0.717, 1.165) is 23.5 Å². The molecule has 1 aromatic heterocycles. The Bertz CT molecular complexity index is 319. The Kier molecular flexibility index (Phi) is 4.65. The maximum Gasteiger partial charge on any atom is 0.0931 e. The highest BCUT2D eigenvalue weighted by atomic mass is 35.5. The molecule has 0 amide bonds. The van der Waals surface area contributed by atoms with Crippen LogP contribution in [0.2, 0.25) is 4.34 Å². The molecule has 2 rings (SSSR count). The van der Waals surface area contributed by atoms with Crippen molar-refractivity contribution in [3.63, 3.8) is 0 Å². The van der Waals surface area contributed by atoms with Gasteiger partial charge in [0.2, 0.25) is 0 Å². The minimum atomic E-state index is 0.730. The molecule has 1 aliphatic heterocycles. The van der Waals surface area contributed by atoms with Gasteiger partial charge in [0.1, 0.15) is 0 Å². The molecule has 16 heavy (non-hydrogen) atoms. The molecule has 2 nitrogen and oxygen atoms in total. The fourth-order valence-electron chi connectivity index (χ4n) is 2.24. The Morgan fingerprint density at radius 1 is 1.44 bits per heavy atom. The van der Waals surface area contributed by atoms with Gasteiger partial charge in [-0.1, -0.05) is 18.5 Å². The highest BCUT2D eigenvalue weighted by Crippen LogP contribution is 2.23. The van der Waals surface area contributed by atoms with Crippen LogP contribution in [0.15, 0.2) is 12.1 Å². The lowest BCUT2D eigenvalue weighted by atomic mass is 10.1. The first-order valence-corrected chi connectivity index (χ1v) is 7.17. The van der Waals surface area contributed by atoms with Gasteiger partial charge in [-0.15, -0.1) is 11.3 Å². The summed E-state index contributed by atoms with van der Waals surface area (Å²) in [6, 6.07) is 4.87. The largest absolute Gasteiger partial charge is 0.314 e. The maximum atomic E-state index is 5.93. The molecule has 0 unspecified atom stereocenters. The SMILES string of the molecule is CCNC1CCN(Cc2ccc(Cl)s2)CC1. The van der Waals surface area contributed by atoms with Crippen LogP contribution in [0.3, 0.4) is 0 Å². The number of nitrogens with one attached hydrogen (secondary N) is 1. The van der Waals surface area contributed by atoms with Crippen LogP contribution in [-0.2, 0) is 6.54 Å². The molecule has 0 saturated carbocycles. The molecular formula is C12H19ClN2S. The second kappa shape index (κ2) is 6.01. The highest BCUT2D eigenvalue weighted by molar-refractivity contribution is 7.16. The van der Waals surface area contributed by atoms with Gasteiger partial charge in [0.05, 0.1) is 4.34 Å². The van der Waals surface area contributed by atoms with Crippen molar-refractivity contribution in [1.29, 1.82) is 0 Å². The van der Waals surface area contributed by atoms with Crippen molar-refractivity contribution in [3.8, 4) is 0 Å². The number of hydrogen-bond donors (Lipinski definition) is 1. The van der Waals surface area contributed by atoms with Crippen LogP contribution >= 0.6 is 22.9 Å². The number of likely N-dealkylation sites (tertiary alicyclic amines) is 1. The van der Waals surface area contributed by atoms with Gasteiger partial charge in [0, 0.05) is 17.5 Å². The molecule has 2 heterocycles. The lowest BCUT2D eigenvalue weighted by molar-refractivity contribution is 0.193. The second-order valence-corrected chi connectivity index (χ2v) is 6.11. The van der Waals surface area contributed by atoms with Crippen LogP contribution in [0.5, 0.6) is 0 Å². The highest BCUT2D eigenvalue weighted by Gasteiger charge is 2.18. The summed E-state index contributed by atoms with van der Waals surface area (Å²) in [5, 5.41) is 3.53. The van der Waals surface area contributed by atoms with Crippen LogP contribution in [0.1, 0.15) is 24.6 Å². The molecule has 0 radical (unpaired) electrons. The zero-order chi connectivity index (χ0) is 11.4. The smallest absolute Gasteiger partial charge is 0.0931 e. The normalized spacial score (nSPS) is 19.1. The summed E-state index contributed by atoms with van der Waals surface area (Å²) in [5.74, 6) is 0. The summed E-state index contributed by atoms with van der Waals surface area (Å²) in [6.45, 7) is 6.74. The van der Waals surface area contributed by atoms with Crippen molar-refractivity contribution in [2.75, 3.05) is 19.6 Å². The van der Waals surface area contributed by atoms with Gasteiger partial charge in [-0.25, -0.2) is 0 Å². The van der Waals surface area contributed by atoms with Crippen LogP contribution < -0.4 is 5.32 Å². The van der Waals surface area contributed by atoms with Crippen molar-refractivity contribution in [3.05, 3.63) is 21.3 Å². The third-order valence-corrected chi connectivity index (χ3v) is 4.30. The number of thiophene rings is 1. The van der Waals surface area contributed by atoms with E-state index in [2.05, 4.69) is 23.2 Å². The summed E-state index contributed by atoms with van der Waals surface area (Å²) >= 11 is 7.63. The molecule has 1 fully saturated rings. The van der Waals surface area contributed by atoms with Gasteiger partial charge in [-0.2, -0.15) is 0 Å². The number of nitrogens with zero attached hydrogens (tertiary/aromatic N) is 1. The van der Waals surface area contributed by atoms with Crippen LogP contribution in [0.4, 0.5) is 0 Å². The molecule has 1 aromatic rings. The van der Waals surface area contributed by atoms with E-state index < -0.39 is 0 Å². The lowest BCUT2D eigenvalue weighted by Gasteiger charge is -2.31. The van der Waals surface area contributed by atoms with Crippen molar-refractivity contribution >= 4 is 22.9 Å². The van der Waals surface area contributed by atoms with Crippen molar-refractivity contribution < 1.29 is 0 Å². The van der Waals surface area contributed by atoms with Crippen LogP contribution in [-0.4, -0.2) is 30.6 Å². The molecule has 1 saturated heterocycles. The Morgan fingerprint density at radius 3 is 2.75 bits per heavy atom. The molecule has 1 N–H and O–H groups in total. The fraction of sp³-hybridized carbons (Fsp3) is 0.667. The average Bonchev–Trinajstić information content (AvgIpc) is 2.67. The Hall–Kier alpha value is -0.0900. The lowest BCUT2D eigenvalue weighted by Crippen LogP contribution is -2.41. The molecule has 4 heteroatoms. The van der Waals surface area contributed by atoms with Gasteiger partial charge in [-0.05, 0) is 44.6 Å². The molecule has 90 valence electrons. The van der Waals surface area contributed by atoms with E-state index in [1.54, 1.807) is 11.3 Å². The van der Waals surface area contributed by atoms with Crippen LogP contribution in [0, 0.1) is 0 Å². The minimum absolute atomic E-state index is 0.730. The van der Waals surface area contributed by atoms with E-state index >= 15 is 0 Å². The number of rotatable bonds is 4. The molecule has 1 aliphatic rings. The van der Waals surface area contributed by atoms with E-state index in [9.17, 15) is 0 Å². The standard InChI is InChI=1S/C12H19ClN2S/c1-2-14-10-5-7-15(8-6-10)9-11-3-4-12(13)16-11/h3-4,10,14H,2,5-9H2,1H3. The average molecular weight is 259 g/mol. The summed E-state index contributed by atoms with van der Waals surface area (Å²) in [6.07, 6.45) is 2.54.